The zero-order chi connectivity index (χ0) is 23.9. The fraction of sp³-hybridized carbons (Fsp3) is 0.148. The molecule has 1 aromatic heterocycles. The number of rotatable bonds is 8. The second-order valence-electron chi connectivity index (χ2n) is 7.33. The normalized spacial score (nSPS) is 11.0. The van der Waals surface area contributed by atoms with Gasteiger partial charge in [0.1, 0.15) is 0 Å². The van der Waals surface area contributed by atoms with Crippen molar-refractivity contribution in [1.82, 2.24) is 10.4 Å². The van der Waals surface area contributed by atoms with E-state index in [4.69, 9.17) is 14.5 Å². The third-order valence-corrected chi connectivity index (χ3v) is 5.62. The Balaban J connectivity index is 1.62. The van der Waals surface area contributed by atoms with E-state index in [0.29, 0.717) is 30.3 Å². The smallest absolute Gasteiger partial charge is 0.272 e. The molecule has 0 aliphatic carbocycles. The van der Waals surface area contributed by atoms with Crippen LogP contribution in [0.5, 0.6) is 11.5 Å². The van der Waals surface area contributed by atoms with Gasteiger partial charge in [-0.1, -0.05) is 48.5 Å². The number of carbonyl (C=O) groups excluding carboxylic acids is 1. The van der Waals surface area contributed by atoms with Crippen molar-refractivity contribution < 1.29 is 14.3 Å². The van der Waals surface area contributed by atoms with Gasteiger partial charge in [-0.15, -0.1) is 0 Å². The number of nitrogens with one attached hydrogen (secondary N) is 1. The van der Waals surface area contributed by atoms with E-state index < -0.39 is 0 Å². The minimum absolute atomic E-state index is 0.318. The average molecular weight is 518 g/mol. The van der Waals surface area contributed by atoms with Crippen molar-refractivity contribution in [2.24, 2.45) is 5.10 Å². The van der Waals surface area contributed by atoms with Gasteiger partial charge in [0.25, 0.3) is 5.91 Å². The number of fused-ring (bicyclic) bond motifs is 1. The summed E-state index contributed by atoms with van der Waals surface area (Å²) in [6.07, 6.45) is 1.57. The van der Waals surface area contributed by atoms with E-state index in [0.717, 1.165) is 32.2 Å². The van der Waals surface area contributed by atoms with Crippen molar-refractivity contribution in [3.63, 3.8) is 0 Å². The van der Waals surface area contributed by atoms with Crippen LogP contribution >= 0.6 is 15.9 Å². The van der Waals surface area contributed by atoms with Crippen LogP contribution in [-0.2, 0) is 0 Å². The molecule has 0 aliphatic heterocycles. The van der Waals surface area contributed by atoms with Crippen molar-refractivity contribution in [2.45, 2.75) is 13.8 Å². The third-order valence-electron chi connectivity index (χ3n) is 5.03. The van der Waals surface area contributed by atoms with Crippen LogP contribution in [0.1, 0.15) is 29.8 Å². The highest BCUT2D eigenvalue weighted by molar-refractivity contribution is 9.10. The molecule has 6 nitrogen and oxygen atoms in total. The zero-order valence-corrected chi connectivity index (χ0v) is 20.5. The largest absolute Gasteiger partial charge is 0.490 e. The molecule has 0 spiro atoms. The number of benzene rings is 3. The third kappa shape index (κ3) is 5.26. The number of nitrogens with zero attached hydrogens (tertiary/aromatic N) is 2. The van der Waals surface area contributed by atoms with E-state index in [9.17, 15) is 4.79 Å². The van der Waals surface area contributed by atoms with Crippen molar-refractivity contribution in [1.29, 1.82) is 0 Å². The van der Waals surface area contributed by atoms with E-state index >= 15 is 0 Å². The molecule has 0 unspecified atom stereocenters. The second-order valence-corrected chi connectivity index (χ2v) is 8.19. The molecule has 1 heterocycles. The molecule has 0 aliphatic rings. The lowest BCUT2D eigenvalue weighted by molar-refractivity contribution is 0.0956. The molecule has 1 amide bonds. The first kappa shape index (κ1) is 23.4. The standard InChI is InChI=1S/C27H24BrN3O3/c1-3-33-25-15-18(14-22(28)26(25)34-4-2)17-29-31-27(32)21-16-24(19-10-6-5-7-11-19)30-23-13-9-8-12-20(21)23/h5-17H,3-4H2,1-2H3,(H,31,32)/b29-17-. The van der Waals surface area contributed by atoms with Gasteiger partial charge < -0.3 is 9.47 Å². The van der Waals surface area contributed by atoms with Crippen molar-refractivity contribution in [3.8, 4) is 22.8 Å². The molecule has 4 aromatic rings. The van der Waals surface area contributed by atoms with Crippen molar-refractivity contribution >= 4 is 39.0 Å². The van der Waals surface area contributed by atoms with Crippen LogP contribution < -0.4 is 14.9 Å². The SMILES string of the molecule is CCOc1cc(/C=N\NC(=O)c2cc(-c3ccccc3)nc3ccccc23)cc(Br)c1OCC. The lowest BCUT2D eigenvalue weighted by atomic mass is 10.0. The molecule has 3 aromatic carbocycles. The van der Waals surface area contributed by atoms with E-state index in [1.807, 2.05) is 80.6 Å². The van der Waals surface area contributed by atoms with Gasteiger partial charge in [-0.05, 0) is 59.6 Å². The van der Waals surface area contributed by atoms with Gasteiger partial charge in [0.15, 0.2) is 11.5 Å². The second kappa shape index (κ2) is 10.9. The molecular weight excluding hydrogens is 494 g/mol. The quantitative estimate of drug-likeness (QED) is 0.222. The Kier molecular flexibility index (Phi) is 7.54. The van der Waals surface area contributed by atoms with Crippen LogP contribution in [0.3, 0.4) is 0 Å². The van der Waals surface area contributed by atoms with Crippen LogP contribution in [0.15, 0.2) is 82.4 Å². The Morgan fingerprint density at radius 1 is 1.00 bits per heavy atom. The minimum Gasteiger partial charge on any atom is -0.490 e. The fourth-order valence-corrected chi connectivity index (χ4v) is 4.13. The number of para-hydroxylation sites is 1. The topological polar surface area (TPSA) is 72.8 Å². The summed E-state index contributed by atoms with van der Waals surface area (Å²) >= 11 is 3.52. The van der Waals surface area contributed by atoms with Gasteiger partial charge in [0, 0.05) is 10.9 Å². The first-order valence-corrected chi connectivity index (χ1v) is 11.8. The van der Waals surface area contributed by atoms with Gasteiger partial charge in [-0.3, -0.25) is 4.79 Å². The maximum absolute atomic E-state index is 13.1. The summed E-state index contributed by atoms with van der Waals surface area (Å²) in [4.78, 5) is 17.8. The lowest BCUT2D eigenvalue weighted by Crippen LogP contribution is -2.18. The molecule has 0 atom stereocenters. The maximum atomic E-state index is 13.1. The summed E-state index contributed by atoms with van der Waals surface area (Å²) < 4.78 is 12.1. The summed E-state index contributed by atoms with van der Waals surface area (Å²) in [6.45, 7) is 4.85. The molecule has 7 heteroatoms. The van der Waals surface area contributed by atoms with Gasteiger partial charge in [0.05, 0.1) is 40.7 Å². The molecule has 34 heavy (non-hydrogen) atoms. The fourth-order valence-electron chi connectivity index (χ4n) is 3.56. The van der Waals surface area contributed by atoms with Gasteiger partial charge >= 0.3 is 0 Å². The number of aromatic nitrogens is 1. The van der Waals surface area contributed by atoms with Crippen molar-refractivity contribution in [3.05, 3.63) is 88.4 Å². The van der Waals surface area contributed by atoms with Gasteiger partial charge in [0.2, 0.25) is 0 Å². The summed E-state index contributed by atoms with van der Waals surface area (Å²) in [7, 11) is 0. The Bertz CT molecular complexity index is 1340. The first-order chi connectivity index (χ1) is 16.6. The molecule has 0 bridgehead atoms. The molecule has 0 saturated carbocycles. The molecule has 4 rings (SSSR count). The maximum Gasteiger partial charge on any atom is 0.272 e. The zero-order valence-electron chi connectivity index (χ0n) is 18.9. The van der Waals surface area contributed by atoms with Gasteiger partial charge in [-0.2, -0.15) is 5.10 Å². The van der Waals surface area contributed by atoms with Crippen LogP contribution in [-0.4, -0.2) is 30.3 Å². The predicted octanol–water partition coefficient (Wildman–Crippen LogP) is 6.23. The number of ether oxygens (including phenoxy) is 2. The van der Waals surface area contributed by atoms with Crippen LogP contribution in [0.2, 0.25) is 0 Å². The van der Waals surface area contributed by atoms with E-state index in [2.05, 4.69) is 26.5 Å². The summed E-state index contributed by atoms with van der Waals surface area (Å²) in [5.74, 6) is 0.934. The lowest BCUT2D eigenvalue weighted by Gasteiger charge is -2.13. The van der Waals surface area contributed by atoms with E-state index in [1.165, 1.54) is 0 Å². The number of hydrogen-bond acceptors (Lipinski definition) is 5. The minimum atomic E-state index is -0.318. The van der Waals surface area contributed by atoms with Gasteiger partial charge in [-0.25, -0.2) is 10.4 Å². The number of hydrogen-bond donors (Lipinski definition) is 1. The van der Waals surface area contributed by atoms with Crippen LogP contribution in [0, 0.1) is 0 Å². The first-order valence-electron chi connectivity index (χ1n) is 11.0. The summed E-state index contributed by atoms with van der Waals surface area (Å²) in [5, 5.41) is 4.94. The molecule has 1 N–H and O–H groups in total. The summed E-state index contributed by atoms with van der Waals surface area (Å²) in [5.41, 5.74) is 6.31. The van der Waals surface area contributed by atoms with Crippen LogP contribution in [0.25, 0.3) is 22.2 Å². The van der Waals surface area contributed by atoms with Crippen LogP contribution in [0.4, 0.5) is 0 Å². The Morgan fingerprint density at radius 3 is 2.50 bits per heavy atom. The molecule has 0 radical (unpaired) electrons. The number of halogens is 1. The Morgan fingerprint density at radius 2 is 1.74 bits per heavy atom. The number of carbonyl (C=O) groups is 1. The Hall–Kier alpha value is -3.71. The highest BCUT2D eigenvalue weighted by atomic mass is 79.9. The number of pyridine rings is 1. The molecular formula is C27H24BrN3O3. The highest BCUT2D eigenvalue weighted by Crippen LogP contribution is 2.36. The average Bonchev–Trinajstić information content (AvgIpc) is 2.86. The molecule has 172 valence electrons. The highest BCUT2D eigenvalue weighted by Gasteiger charge is 2.14. The van der Waals surface area contributed by atoms with E-state index in [-0.39, 0.29) is 5.91 Å². The van der Waals surface area contributed by atoms with Crippen molar-refractivity contribution in [2.75, 3.05) is 13.2 Å². The number of amides is 1. The predicted molar refractivity (Wildman–Crippen MR) is 139 cm³/mol. The summed E-state index contributed by atoms with van der Waals surface area (Å²) in [6, 6.07) is 22.8. The van der Waals surface area contributed by atoms with E-state index in [1.54, 1.807) is 12.3 Å². The molecule has 0 saturated heterocycles. The molecule has 0 fully saturated rings. The monoisotopic (exact) mass is 517 g/mol. The Labute approximate surface area is 206 Å². The number of hydrazone groups is 1.